The van der Waals surface area contributed by atoms with Crippen molar-refractivity contribution in [1.29, 1.82) is 0 Å². The van der Waals surface area contributed by atoms with E-state index in [0.717, 1.165) is 11.3 Å². The van der Waals surface area contributed by atoms with Crippen molar-refractivity contribution in [2.45, 2.75) is 6.54 Å². The summed E-state index contributed by atoms with van der Waals surface area (Å²) in [4.78, 5) is 13.0. The van der Waals surface area contributed by atoms with Crippen molar-refractivity contribution < 1.29 is 9.90 Å². The summed E-state index contributed by atoms with van der Waals surface area (Å²) < 4.78 is 0. The molecule has 1 heterocycles. The second kappa shape index (κ2) is 4.74. The molecule has 1 aliphatic heterocycles. The molecule has 2 aromatic carbocycles. The van der Waals surface area contributed by atoms with Gasteiger partial charge >= 0.3 is 5.97 Å². The van der Waals surface area contributed by atoms with Crippen LogP contribution in [0.1, 0.15) is 21.5 Å². The maximum atomic E-state index is 11.1. The molecule has 0 bridgehead atoms. The van der Waals surface area contributed by atoms with Crippen molar-refractivity contribution in [2.24, 2.45) is 5.73 Å². The van der Waals surface area contributed by atoms with Gasteiger partial charge in [0, 0.05) is 5.69 Å². The Kier molecular flexibility index (Phi) is 2.91. The molecule has 100 valence electrons. The molecule has 0 radical (unpaired) electrons. The van der Waals surface area contributed by atoms with Crippen LogP contribution in [0.4, 0.5) is 5.69 Å². The van der Waals surface area contributed by atoms with Gasteiger partial charge in [-0.3, -0.25) is 0 Å². The molecule has 0 spiro atoms. The first-order chi connectivity index (χ1) is 9.65. The molecule has 0 aromatic heterocycles. The highest BCUT2D eigenvalue weighted by Crippen LogP contribution is 2.28. The van der Waals surface area contributed by atoms with E-state index in [-0.39, 0.29) is 5.56 Å². The number of hydrogen-bond acceptors (Lipinski definition) is 3. The second-order valence-corrected chi connectivity index (χ2v) is 4.71. The van der Waals surface area contributed by atoms with Gasteiger partial charge in [-0.1, -0.05) is 30.3 Å². The largest absolute Gasteiger partial charge is 0.478 e. The zero-order valence-electron chi connectivity index (χ0n) is 10.8. The van der Waals surface area contributed by atoms with Crippen LogP contribution >= 0.6 is 0 Å². The Bertz CT molecular complexity index is 707. The molecule has 20 heavy (non-hydrogen) atoms. The van der Waals surface area contributed by atoms with Crippen molar-refractivity contribution >= 4 is 17.7 Å². The zero-order valence-corrected chi connectivity index (χ0v) is 10.8. The minimum Gasteiger partial charge on any atom is -0.478 e. The van der Waals surface area contributed by atoms with Crippen LogP contribution in [0.15, 0.2) is 54.4 Å². The lowest BCUT2D eigenvalue weighted by Crippen LogP contribution is -2.30. The molecule has 3 N–H and O–H groups in total. The Morgan fingerprint density at radius 3 is 2.75 bits per heavy atom. The molecule has 0 amide bonds. The highest BCUT2D eigenvalue weighted by molar-refractivity contribution is 5.89. The van der Waals surface area contributed by atoms with E-state index in [1.165, 1.54) is 5.56 Å². The quantitative estimate of drug-likeness (QED) is 0.877. The third-order valence-corrected chi connectivity index (χ3v) is 3.40. The number of benzene rings is 2. The minimum atomic E-state index is -0.938. The van der Waals surface area contributed by atoms with Gasteiger partial charge in [-0.2, -0.15) is 0 Å². The van der Waals surface area contributed by atoms with Crippen molar-refractivity contribution in [1.82, 2.24) is 0 Å². The highest BCUT2D eigenvalue weighted by atomic mass is 16.4. The first kappa shape index (κ1) is 12.3. The number of carboxylic acid groups (broad SMARTS) is 1. The third-order valence-electron chi connectivity index (χ3n) is 3.40. The number of anilines is 1. The van der Waals surface area contributed by atoms with Gasteiger partial charge in [-0.15, -0.1) is 0 Å². The molecule has 4 nitrogen and oxygen atoms in total. The predicted octanol–water partition coefficient (Wildman–Crippen LogP) is 2.66. The van der Waals surface area contributed by atoms with Crippen LogP contribution in [0.2, 0.25) is 0 Å². The molecule has 2 aromatic rings. The number of carboxylic acids is 1. The van der Waals surface area contributed by atoms with Gasteiger partial charge in [-0.05, 0) is 35.4 Å². The van der Waals surface area contributed by atoms with Crippen LogP contribution in [0.25, 0.3) is 6.08 Å². The van der Waals surface area contributed by atoms with Crippen molar-refractivity contribution in [3.8, 4) is 0 Å². The molecule has 0 atom stereocenters. The van der Waals surface area contributed by atoms with E-state index in [1.807, 2.05) is 41.3 Å². The minimum absolute atomic E-state index is 0.258. The smallest absolute Gasteiger partial charge is 0.335 e. The van der Waals surface area contributed by atoms with E-state index in [4.69, 9.17) is 10.8 Å². The number of aromatic carboxylic acids is 1. The standard InChI is InChI=1S/C16H14N2O2/c17-15-9-11-4-1-2-5-13(11)10-18(15)14-7-3-6-12(8-14)16(19)20/h1-9H,10,17H2,(H,19,20). The Labute approximate surface area is 116 Å². The maximum absolute atomic E-state index is 11.1. The van der Waals surface area contributed by atoms with Crippen LogP contribution in [0.5, 0.6) is 0 Å². The Morgan fingerprint density at radius 2 is 1.95 bits per heavy atom. The number of hydrogen-bond donors (Lipinski definition) is 2. The average Bonchev–Trinajstić information content (AvgIpc) is 2.46. The van der Waals surface area contributed by atoms with Gasteiger partial charge < -0.3 is 15.7 Å². The van der Waals surface area contributed by atoms with Crippen molar-refractivity contribution in [3.05, 3.63) is 71.0 Å². The van der Waals surface area contributed by atoms with Crippen LogP contribution in [0.3, 0.4) is 0 Å². The molecule has 1 aliphatic rings. The fourth-order valence-electron chi connectivity index (χ4n) is 2.37. The van der Waals surface area contributed by atoms with Gasteiger partial charge in [0.15, 0.2) is 0 Å². The van der Waals surface area contributed by atoms with Crippen LogP contribution < -0.4 is 10.6 Å². The Morgan fingerprint density at radius 1 is 1.15 bits per heavy atom. The highest BCUT2D eigenvalue weighted by Gasteiger charge is 2.18. The van der Waals surface area contributed by atoms with Crippen molar-refractivity contribution in [2.75, 3.05) is 4.90 Å². The molecule has 0 fully saturated rings. The number of nitrogens with zero attached hydrogens (tertiary/aromatic N) is 1. The molecule has 3 rings (SSSR count). The van der Waals surface area contributed by atoms with Crippen molar-refractivity contribution in [3.63, 3.8) is 0 Å². The molecule has 4 heteroatoms. The van der Waals surface area contributed by atoms with E-state index < -0.39 is 5.97 Å². The molecule has 0 aliphatic carbocycles. The van der Waals surface area contributed by atoms with E-state index in [1.54, 1.807) is 18.2 Å². The Hall–Kier alpha value is -2.75. The lowest BCUT2D eigenvalue weighted by Gasteiger charge is -2.29. The second-order valence-electron chi connectivity index (χ2n) is 4.71. The number of rotatable bonds is 2. The van der Waals surface area contributed by atoms with E-state index in [2.05, 4.69) is 0 Å². The lowest BCUT2D eigenvalue weighted by atomic mass is 10.0. The summed E-state index contributed by atoms with van der Waals surface area (Å²) in [5.74, 6) is -0.321. The maximum Gasteiger partial charge on any atom is 0.335 e. The number of nitrogens with two attached hydrogens (primary N) is 1. The average molecular weight is 266 g/mol. The fourth-order valence-corrected chi connectivity index (χ4v) is 2.37. The molecular weight excluding hydrogens is 252 g/mol. The van der Waals surface area contributed by atoms with Gasteiger partial charge in [0.1, 0.15) is 5.82 Å². The molecule has 0 saturated carbocycles. The summed E-state index contributed by atoms with van der Waals surface area (Å²) in [6.07, 6.45) is 1.91. The van der Waals surface area contributed by atoms with E-state index >= 15 is 0 Å². The van der Waals surface area contributed by atoms with Gasteiger partial charge in [0.25, 0.3) is 0 Å². The first-order valence-electron chi connectivity index (χ1n) is 6.31. The van der Waals surface area contributed by atoms with Crippen LogP contribution in [-0.4, -0.2) is 11.1 Å². The Balaban J connectivity index is 2.00. The lowest BCUT2D eigenvalue weighted by molar-refractivity contribution is 0.0697. The predicted molar refractivity (Wildman–Crippen MR) is 78.2 cm³/mol. The first-order valence-corrected chi connectivity index (χ1v) is 6.31. The summed E-state index contributed by atoms with van der Waals surface area (Å²) in [6.45, 7) is 0.640. The van der Waals surface area contributed by atoms with Crippen LogP contribution in [0, 0.1) is 0 Å². The summed E-state index contributed by atoms with van der Waals surface area (Å²) >= 11 is 0. The van der Waals surface area contributed by atoms with Gasteiger partial charge in [0.05, 0.1) is 12.1 Å². The monoisotopic (exact) mass is 266 g/mol. The molecular formula is C16H14N2O2. The summed E-state index contributed by atoms with van der Waals surface area (Å²) in [6, 6.07) is 14.8. The SMILES string of the molecule is NC1=Cc2ccccc2CN1c1cccc(C(=O)O)c1. The number of fused-ring (bicyclic) bond motifs is 1. The topological polar surface area (TPSA) is 66.6 Å². The van der Waals surface area contributed by atoms with E-state index in [9.17, 15) is 4.79 Å². The van der Waals surface area contributed by atoms with Gasteiger partial charge in [0.2, 0.25) is 0 Å². The summed E-state index contributed by atoms with van der Waals surface area (Å²) in [7, 11) is 0. The zero-order chi connectivity index (χ0) is 14.1. The normalized spacial score (nSPS) is 13.6. The van der Waals surface area contributed by atoms with Crippen LogP contribution in [-0.2, 0) is 6.54 Å². The molecule has 0 saturated heterocycles. The van der Waals surface area contributed by atoms with Gasteiger partial charge in [-0.25, -0.2) is 4.79 Å². The summed E-state index contributed by atoms with van der Waals surface area (Å²) in [5, 5.41) is 9.07. The number of carbonyl (C=O) groups is 1. The van der Waals surface area contributed by atoms with E-state index in [0.29, 0.717) is 12.4 Å². The molecule has 0 unspecified atom stereocenters. The summed E-state index contributed by atoms with van der Waals surface area (Å²) in [5.41, 5.74) is 9.41. The fraction of sp³-hybridized carbons (Fsp3) is 0.0625. The third kappa shape index (κ3) is 2.12.